The zero-order valence-corrected chi connectivity index (χ0v) is 6.64. The van der Waals surface area contributed by atoms with E-state index >= 15 is 0 Å². The van der Waals surface area contributed by atoms with Gasteiger partial charge in [0.2, 0.25) is 0 Å². The highest BCUT2D eigenvalue weighted by Gasteiger charge is 2.05. The Labute approximate surface area is 74.4 Å². The molecule has 4 nitrogen and oxygen atoms in total. The van der Waals surface area contributed by atoms with Crippen LogP contribution >= 0.6 is 0 Å². The van der Waals surface area contributed by atoms with Crippen molar-refractivity contribution in [3.05, 3.63) is 23.8 Å². The molecule has 4 heteroatoms. The minimum Gasteiger partial charge on any atom is -0.508 e. The predicted molar refractivity (Wildman–Crippen MR) is 46.5 cm³/mol. The molecule has 0 unspecified atom stereocenters. The smallest absolute Gasteiger partial charge is 0.142 e. The fraction of sp³-hybridized carbons (Fsp3) is 0. The van der Waals surface area contributed by atoms with Gasteiger partial charge in [-0.05, 0) is 12.2 Å². The van der Waals surface area contributed by atoms with Gasteiger partial charge in [0.15, 0.2) is 0 Å². The van der Waals surface area contributed by atoms with E-state index in [-0.39, 0.29) is 22.8 Å². The first-order valence-electron chi connectivity index (χ1n) is 3.52. The van der Waals surface area contributed by atoms with Crippen LogP contribution in [-0.4, -0.2) is 21.6 Å². The van der Waals surface area contributed by atoms with Gasteiger partial charge in [0.05, 0.1) is 5.56 Å². The second kappa shape index (κ2) is 3.62. The lowest BCUT2D eigenvalue weighted by atomic mass is 10.1. The Hall–Kier alpha value is -1.97. The second-order valence-electron chi connectivity index (χ2n) is 2.39. The van der Waals surface area contributed by atoms with Crippen molar-refractivity contribution in [3.63, 3.8) is 0 Å². The van der Waals surface area contributed by atoms with Crippen LogP contribution in [0.5, 0.6) is 17.2 Å². The Balaban J connectivity index is 3.20. The average molecular weight is 180 g/mol. The van der Waals surface area contributed by atoms with E-state index in [4.69, 9.17) is 5.11 Å². The molecule has 1 rings (SSSR count). The van der Waals surface area contributed by atoms with Crippen LogP contribution in [0.4, 0.5) is 0 Å². The molecule has 3 N–H and O–H groups in total. The summed E-state index contributed by atoms with van der Waals surface area (Å²) in [5, 5.41) is 27.4. The zero-order chi connectivity index (χ0) is 9.84. The molecule has 0 radical (unpaired) electrons. The van der Waals surface area contributed by atoms with Crippen LogP contribution in [-0.2, 0) is 4.79 Å². The Kier molecular flexibility index (Phi) is 2.54. The van der Waals surface area contributed by atoms with E-state index in [2.05, 4.69) is 0 Å². The van der Waals surface area contributed by atoms with Crippen LogP contribution in [0, 0.1) is 0 Å². The van der Waals surface area contributed by atoms with Crippen molar-refractivity contribution in [2.24, 2.45) is 0 Å². The van der Waals surface area contributed by atoms with Crippen molar-refractivity contribution in [3.8, 4) is 17.2 Å². The number of carbonyl (C=O) groups excluding carboxylic acids is 1. The molecule has 0 saturated heterocycles. The van der Waals surface area contributed by atoms with Gasteiger partial charge in [-0.25, -0.2) is 0 Å². The van der Waals surface area contributed by atoms with Crippen LogP contribution in [0.2, 0.25) is 0 Å². The molecule has 0 aliphatic rings. The molecule has 0 saturated carbocycles. The minimum absolute atomic E-state index is 0.102. The van der Waals surface area contributed by atoms with Gasteiger partial charge in [0.25, 0.3) is 0 Å². The SMILES string of the molecule is O=CC=Cc1c(O)cc(O)cc1O. The number of aldehydes is 1. The van der Waals surface area contributed by atoms with Gasteiger partial charge < -0.3 is 15.3 Å². The van der Waals surface area contributed by atoms with Gasteiger partial charge in [-0.1, -0.05) is 0 Å². The highest BCUT2D eigenvalue weighted by atomic mass is 16.3. The normalized spacial score (nSPS) is 10.5. The molecule has 68 valence electrons. The van der Waals surface area contributed by atoms with Gasteiger partial charge >= 0.3 is 0 Å². The van der Waals surface area contributed by atoms with Gasteiger partial charge in [-0.3, -0.25) is 4.79 Å². The van der Waals surface area contributed by atoms with E-state index in [0.717, 1.165) is 18.2 Å². The number of phenolic OH excluding ortho intramolecular Hbond substituents is 3. The summed E-state index contributed by atoms with van der Waals surface area (Å²) in [6.07, 6.45) is 2.90. The monoisotopic (exact) mass is 180 g/mol. The predicted octanol–water partition coefficient (Wildman–Crippen LogP) is 1.02. The molecule has 1 aromatic carbocycles. The zero-order valence-electron chi connectivity index (χ0n) is 6.64. The Bertz CT molecular complexity index is 332. The summed E-state index contributed by atoms with van der Waals surface area (Å²) in [5.74, 6) is -0.801. The van der Waals surface area contributed by atoms with Crippen molar-refractivity contribution in [2.75, 3.05) is 0 Å². The molecule has 0 heterocycles. The summed E-state index contributed by atoms with van der Waals surface area (Å²) >= 11 is 0. The molecule has 0 aliphatic carbocycles. The lowest BCUT2D eigenvalue weighted by Gasteiger charge is -2.02. The minimum atomic E-state index is -0.282. The maximum atomic E-state index is 9.97. The maximum absolute atomic E-state index is 9.97. The number of phenols is 3. The van der Waals surface area contributed by atoms with Crippen LogP contribution in [0.15, 0.2) is 18.2 Å². The van der Waals surface area contributed by atoms with Gasteiger partial charge in [0.1, 0.15) is 23.5 Å². The molecule has 0 amide bonds. The van der Waals surface area contributed by atoms with E-state index in [1.807, 2.05) is 0 Å². The number of rotatable bonds is 2. The largest absolute Gasteiger partial charge is 0.508 e. The second-order valence-corrected chi connectivity index (χ2v) is 2.39. The third-order valence-corrected chi connectivity index (χ3v) is 1.46. The molecule has 0 atom stereocenters. The van der Waals surface area contributed by atoms with Crippen LogP contribution in [0.3, 0.4) is 0 Å². The number of hydrogen-bond donors (Lipinski definition) is 3. The molecule has 0 bridgehead atoms. The lowest BCUT2D eigenvalue weighted by Crippen LogP contribution is -1.77. The van der Waals surface area contributed by atoms with Crippen LogP contribution < -0.4 is 0 Å². The lowest BCUT2D eigenvalue weighted by molar-refractivity contribution is -0.104. The van der Waals surface area contributed by atoms with E-state index in [0.29, 0.717) is 6.29 Å². The average Bonchev–Trinajstić information content (AvgIpc) is 2.02. The van der Waals surface area contributed by atoms with Crippen LogP contribution in [0.1, 0.15) is 5.56 Å². The fourth-order valence-corrected chi connectivity index (χ4v) is 0.915. The molecule has 0 fully saturated rings. The van der Waals surface area contributed by atoms with Crippen molar-refractivity contribution >= 4 is 12.4 Å². The van der Waals surface area contributed by atoms with E-state index < -0.39 is 0 Å². The maximum Gasteiger partial charge on any atom is 0.142 e. The Morgan fingerprint density at radius 3 is 2.08 bits per heavy atom. The molecule has 13 heavy (non-hydrogen) atoms. The summed E-state index contributed by atoms with van der Waals surface area (Å²) in [4.78, 5) is 9.97. The molecule has 0 aliphatic heterocycles. The number of benzene rings is 1. The first-order chi connectivity index (χ1) is 6.15. The third-order valence-electron chi connectivity index (χ3n) is 1.46. The standard InChI is InChI=1S/C9H8O4/c10-3-1-2-7-8(12)4-6(11)5-9(7)13/h1-5,11-13H. The fourth-order valence-electron chi connectivity index (χ4n) is 0.915. The number of carbonyl (C=O) groups is 1. The van der Waals surface area contributed by atoms with E-state index in [9.17, 15) is 15.0 Å². The summed E-state index contributed by atoms with van der Waals surface area (Å²) in [7, 11) is 0. The summed E-state index contributed by atoms with van der Waals surface area (Å²) in [6.45, 7) is 0. The topological polar surface area (TPSA) is 77.8 Å². The molecular formula is C9H8O4. The van der Waals surface area contributed by atoms with Gasteiger partial charge in [-0.15, -0.1) is 0 Å². The molecule has 1 aromatic rings. The number of allylic oxidation sites excluding steroid dienone is 1. The molecule has 0 aromatic heterocycles. The van der Waals surface area contributed by atoms with Gasteiger partial charge in [-0.2, -0.15) is 0 Å². The van der Waals surface area contributed by atoms with Crippen molar-refractivity contribution < 1.29 is 20.1 Å². The summed E-state index contributed by atoms with van der Waals surface area (Å²) in [5.41, 5.74) is 0.102. The number of aromatic hydroxyl groups is 3. The third kappa shape index (κ3) is 1.99. The van der Waals surface area contributed by atoms with Crippen molar-refractivity contribution in [2.45, 2.75) is 0 Å². The first kappa shape index (κ1) is 9.12. The number of hydrogen-bond acceptors (Lipinski definition) is 4. The molecule has 0 spiro atoms. The highest BCUT2D eigenvalue weighted by molar-refractivity contribution is 5.77. The Morgan fingerprint density at radius 1 is 1.08 bits per heavy atom. The van der Waals surface area contributed by atoms with Gasteiger partial charge in [0, 0.05) is 12.1 Å². The summed E-state index contributed by atoms with van der Waals surface area (Å²) < 4.78 is 0. The first-order valence-corrected chi connectivity index (χ1v) is 3.52. The summed E-state index contributed by atoms with van der Waals surface area (Å²) in [6, 6.07) is 2.15. The van der Waals surface area contributed by atoms with Crippen molar-refractivity contribution in [1.29, 1.82) is 0 Å². The van der Waals surface area contributed by atoms with E-state index in [1.165, 1.54) is 6.08 Å². The van der Waals surface area contributed by atoms with Crippen LogP contribution in [0.25, 0.3) is 6.08 Å². The quantitative estimate of drug-likeness (QED) is 0.469. The molecular weight excluding hydrogens is 172 g/mol. The Morgan fingerprint density at radius 2 is 1.62 bits per heavy atom. The highest BCUT2D eigenvalue weighted by Crippen LogP contribution is 2.32. The van der Waals surface area contributed by atoms with E-state index in [1.54, 1.807) is 0 Å². The van der Waals surface area contributed by atoms with Crippen molar-refractivity contribution in [1.82, 2.24) is 0 Å².